The number of hydrogen-bond acceptors (Lipinski definition) is 3. The number of methoxy groups -OCH3 is 1. The van der Waals surface area contributed by atoms with Gasteiger partial charge in [0.1, 0.15) is 5.82 Å². The van der Waals surface area contributed by atoms with Gasteiger partial charge in [-0.2, -0.15) is 0 Å². The van der Waals surface area contributed by atoms with Gasteiger partial charge in [0.15, 0.2) is 0 Å². The van der Waals surface area contributed by atoms with E-state index in [1.807, 2.05) is 30.3 Å². The Balaban J connectivity index is 0.000000412. The molecule has 0 fully saturated rings. The monoisotopic (exact) mass is 445 g/mol. The van der Waals surface area contributed by atoms with E-state index < -0.39 is 17.6 Å². The Kier molecular flexibility index (Phi) is 9.74. The Morgan fingerprint density at radius 2 is 1.81 bits per heavy atom. The molecular weight excluding hydrogens is 421 g/mol. The topological polar surface area (TPSA) is 97.2 Å². The Labute approximate surface area is 185 Å². The van der Waals surface area contributed by atoms with Crippen LogP contribution in [0.15, 0.2) is 60.8 Å². The Hall–Kier alpha value is -3.16. The van der Waals surface area contributed by atoms with Gasteiger partial charge in [-0.25, -0.2) is 4.39 Å². The van der Waals surface area contributed by atoms with Crippen molar-refractivity contribution in [3.05, 3.63) is 82.9 Å². The molecule has 0 bridgehead atoms. The van der Waals surface area contributed by atoms with Crippen molar-refractivity contribution < 1.29 is 18.7 Å². The lowest BCUT2D eigenvalue weighted by Gasteiger charge is -2.09. The summed E-state index contributed by atoms with van der Waals surface area (Å²) in [5, 5.41) is 3.41. The first kappa shape index (κ1) is 24.1. The highest BCUT2D eigenvalue weighted by Gasteiger charge is 2.20. The highest BCUT2D eigenvalue weighted by molar-refractivity contribution is 6.30. The van der Waals surface area contributed by atoms with Gasteiger partial charge in [-0.05, 0) is 18.2 Å². The molecule has 8 heteroatoms. The maximum absolute atomic E-state index is 14.2. The molecule has 0 radical (unpaired) electrons. The van der Waals surface area contributed by atoms with Crippen LogP contribution in [0.2, 0.25) is 5.02 Å². The van der Waals surface area contributed by atoms with Crippen LogP contribution in [0, 0.1) is 5.82 Å². The molecule has 164 valence electrons. The van der Waals surface area contributed by atoms with Gasteiger partial charge >= 0.3 is 0 Å². The lowest BCUT2D eigenvalue weighted by molar-refractivity contribution is -0.117. The number of nitrogens with two attached hydrogens (primary N) is 1. The molecule has 0 atom stereocenters. The van der Waals surface area contributed by atoms with Crippen LogP contribution in [-0.2, 0) is 16.0 Å². The largest absolute Gasteiger partial charge is 0.384 e. The molecule has 2 aromatic carbocycles. The number of aromatic amines is 1. The van der Waals surface area contributed by atoms with E-state index in [0.29, 0.717) is 35.4 Å². The average Bonchev–Trinajstić information content (AvgIpc) is 3.17. The number of aromatic nitrogens is 1. The number of hydrogen-bond donors (Lipinski definition) is 3. The van der Waals surface area contributed by atoms with Crippen LogP contribution in [0.5, 0.6) is 0 Å². The third-order valence-corrected chi connectivity index (χ3v) is 4.55. The van der Waals surface area contributed by atoms with Crippen molar-refractivity contribution >= 4 is 23.4 Å². The third kappa shape index (κ3) is 7.55. The van der Waals surface area contributed by atoms with Crippen LogP contribution in [-0.4, -0.2) is 37.1 Å². The number of H-pyrrole nitrogens is 1. The van der Waals surface area contributed by atoms with E-state index >= 15 is 0 Å². The maximum Gasteiger partial charge on any atom is 0.253 e. The highest BCUT2D eigenvalue weighted by atomic mass is 35.5. The fourth-order valence-corrected chi connectivity index (χ4v) is 2.97. The first-order valence-corrected chi connectivity index (χ1v) is 10.0. The van der Waals surface area contributed by atoms with Gasteiger partial charge in [-0.3, -0.25) is 9.59 Å². The summed E-state index contributed by atoms with van der Waals surface area (Å²) in [5.74, 6) is -1.31. The van der Waals surface area contributed by atoms with Crippen molar-refractivity contribution in [1.29, 1.82) is 0 Å². The molecule has 0 aliphatic carbocycles. The van der Waals surface area contributed by atoms with Gasteiger partial charge in [0, 0.05) is 54.5 Å². The van der Waals surface area contributed by atoms with Crippen LogP contribution in [0.1, 0.15) is 22.5 Å². The molecule has 2 amide bonds. The maximum atomic E-state index is 14.2. The Morgan fingerprint density at radius 3 is 2.39 bits per heavy atom. The summed E-state index contributed by atoms with van der Waals surface area (Å²) < 4.78 is 19.3. The minimum atomic E-state index is -0.500. The molecule has 0 spiro atoms. The molecule has 31 heavy (non-hydrogen) atoms. The normalized spacial score (nSPS) is 10.2. The molecule has 4 N–H and O–H groups in total. The standard InChI is InChI=1S/C17H20FN3O3.C6H5Cl/c1-24-9-7-14-16(11-4-2-3-5-13(11)18)12(10-21-14)17(23)20-8-6-15(19)22;7-6-4-2-1-3-5-6/h2-5,10,21H,6-9H2,1H3,(H2,19,22)(H,20,23);1-5H. The second-order valence-corrected chi connectivity index (χ2v) is 6.98. The number of rotatable bonds is 8. The molecule has 0 aliphatic rings. The molecule has 0 unspecified atom stereocenters. The highest BCUT2D eigenvalue weighted by Crippen LogP contribution is 2.30. The molecule has 0 saturated carbocycles. The van der Waals surface area contributed by atoms with E-state index in [0.717, 1.165) is 5.02 Å². The smallest absolute Gasteiger partial charge is 0.253 e. The number of carbonyl (C=O) groups excluding carboxylic acids is 2. The minimum absolute atomic E-state index is 0.0434. The summed E-state index contributed by atoms with van der Waals surface area (Å²) >= 11 is 5.54. The first-order valence-electron chi connectivity index (χ1n) is 9.65. The summed E-state index contributed by atoms with van der Waals surface area (Å²) in [4.78, 5) is 26.2. The summed E-state index contributed by atoms with van der Waals surface area (Å²) in [6.07, 6.45) is 2.09. The minimum Gasteiger partial charge on any atom is -0.384 e. The predicted octanol–water partition coefficient (Wildman–Crippen LogP) is 3.95. The Bertz CT molecular complexity index is 993. The van der Waals surface area contributed by atoms with Gasteiger partial charge in [0.05, 0.1) is 12.2 Å². The molecule has 3 aromatic rings. The van der Waals surface area contributed by atoms with E-state index in [4.69, 9.17) is 22.1 Å². The lowest BCUT2D eigenvalue weighted by Crippen LogP contribution is -2.28. The van der Waals surface area contributed by atoms with Crippen molar-refractivity contribution in [1.82, 2.24) is 10.3 Å². The van der Waals surface area contributed by atoms with Crippen LogP contribution in [0.3, 0.4) is 0 Å². The van der Waals surface area contributed by atoms with Gasteiger partial charge in [-0.1, -0.05) is 48.0 Å². The van der Waals surface area contributed by atoms with Gasteiger partial charge in [0.2, 0.25) is 5.91 Å². The molecule has 1 heterocycles. The number of halogens is 2. The zero-order chi connectivity index (χ0) is 22.6. The van der Waals surface area contributed by atoms with Gasteiger partial charge in [-0.15, -0.1) is 0 Å². The lowest BCUT2D eigenvalue weighted by atomic mass is 9.99. The third-order valence-electron chi connectivity index (χ3n) is 4.30. The van der Waals surface area contributed by atoms with Crippen molar-refractivity contribution in [3.8, 4) is 11.1 Å². The van der Waals surface area contributed by atoms with E-state index in [2.05, 4.69) is 10.3 Å². The molecular formula is C23H25ClFN3O3. The van der Waals surface area contributed by atoms with Gasteiger partial charge in [0.25, 0.3) is 5.91 Å². The molecule has 0 saturated heterocycles. The number of primary amides is 1. The van der Waals surface area contributed by atoms with Crippen molar-refractivity contribution in [2.45, 2.75) is 12.8 Å². The summed E-state index contributed by atoms with van der Waals surface area (Å²) in [6, 6.07) is 15.7. The second-order valence-electron chi connectivity index (χ2n) is 6.55. The van der Waals surface area contributed by atoms with Crippen molar-refractivity contribution in [2.75, 3.05) is 20.3 Å². The van der Waals surface area contributed by atoms with E-state index in [1.54, 1.807) is 25.3 Å². The number of benzene rings is 2. The number of nitrogens with one attached hydrogen (secondary N) is 2. The molecule has 1 aromatic heterocycles. The van der Waals surface area contributed by atoms with Crippen molar-refractivity contribution in [3.63, 3.8) is 0 Å². The fraction of sp³-hybridized carbons (Fsp3) is 0.217. The number of carbonyl (C=O) groups is 2. The second kappa shape index (κ2) is 12.5. The summed E-state index contributed by atoms with van der Waals surface area (Å²) in [5.41, 5.74) is 6.92. The zero-order valence-electron chi connectivity index (χ0n) is 17.2. The predicted molar refractivity (Wildman–Crippen MR) is 119 cm³/mol. The van der Waals surface area contributed by atoms with Crippen LogP contribution < -0.4 is 11.1 Å². The fourth-order valence-electron chi connectivity index (χ4n) is 2.83. The SMILES string of the molecule is COCCc1[nH]cc(C(=O)NCCC(N)=O)c1-c1ccccc1F.Clc1ccccc1. The number of ether oxygens (including phenoxy) is 1. The molecule has 3 rings (SSSR count). The number of amides is 2. The van der Waals surface area contributed by atoms with Crippen molar-refractivity contribution in [2.24, 2.45) is 5.73 Å². The quantitative estimate of drug-likeness (QED) is 0.489. The molecule has 6 nitrogen and oxygen atoms in total. The van der Waals surface area contributed by atoms with E-state index in [-0.39, 0.29) is 13.0 Å². The van der Waals surface area contributed by atoms with E-state index in [9.17, 15) is 14.0 Å². The first-order chi connectivity index (χ1) is 14.9. The zero-order valence-corrected chi connectivity index (χ0v) is 17.9. The summed E-state index contributed by atoms with van der Waals surface area (Å²) in [7, 11) is 1.57. The van der Waals surface area contributed by atoms with Gasteiger partial charge < -0.3 is 20.8 Å². The van der Waals surface area contributed by atoms with Crippen LogP contribution >= 0.6 is 11.6 Å². The Morgan fingerprint density at radius 1 is 1.13 bits per heavy atom. The molecule has 0 aliphatic heterocycles. The summed E-state index contributed by atoms with van der Waals surface area (Å²) in [6.45, 7) is 0.564. The average molecular weight is 446 g/mol. The van der Waals surface area contributed by atoms with Crippen LogP contribution in [0.25, 0.3) is 11.1 Å². The van der Waals surface area contributed by atoms with Crippen LogP contribution in [0.4, 0.5) is 4.39 Å². The van der Waals surface area contributed by atoms with E-state index in [1.165, 1.54) is 12.3 Å².